The van der Waals surface area contributed by atoms with Gasteiger partial charge in [0.05, 0.1) is 6.61 Å². The van der Waals surface area contributed by atoms with Gasteiger partial charge in [-0.2, -0.15) is 0 Å². The van der Waals surface area contributed by atoms with Crippen molar-refractivity contribution in [3.63, 3.8) is 0 Å². The molecule has 0 spiro atoms. The number of hydrogen-bond donors (Lipinski definition) is 9. The lowest BCUT2D eigenvalue weighted by molar-refractivity contribution is -0.277. The summed E-state index contributed by atoms with van der Waals surface area (Å²) in [4.78, 5) is 12.8. The highest BCUT2D eigenvalue weighted by atomic mass is 16.7. The molecule has 2 heterocycles. The predicted octanol–water partition coefficient (Wildman–Crippen LogP) is -0.833. The molecule has 1 aliphatic heterocycles. The molecular weight excluding hydrogens is 460 g/mol. The average Bonchev–Trinajstić information content (AvgIpc) is 2.80. The number of ether oxygens (including phenoxy) is 2. The molecule has 2 aromatic carbocycles. The summed E-state index contributed by atoms with van der Waals surface area (Å²) >= 11 is 0. The highest BCUT2D eigenvalue weighted by molar-refractivity contribution is 5.93. The zero-order chi connectivity index (χ0) is 24.9. The molecule has 34 heavy (non-hydrogen) atoms. The van der Waals surface area contributed by atoms with E-state index in [1.54, 1.807) is 0 Å². The van der Waals surface area contributed by atoms with Crippen molar-refractivity contribution in [2.75, 3.05) is 6.61 Å². The SMILES string of the molecule is O=c1c(O)c(-c2ccc(O)c(O)c2)oc2c(OC3O[C@H](CO)[C@@H](O)[C@H](O)[C@H]3O)c(O)cc(O)c12. The van der Waals surface area contributed by atoms with Crippen LogP contribution in [0.5, 0.6) is 34.5 Å². The molecule has 13 heteroatoms. The molecule has 1 unspecified atom stereocenters. The van der Waals surface area contributed by atoms with Gasteiger partial charge < -0.3 is 59.8 Å². The topological polar surface area (TPSA) is 231 Å². The molecule has 4 rings (SSSR count). The van der Waals surface area contributed by atoms with Crippen molar-refractivity contribution >= 4 is 11.0 Å². The third-order valence-electron chi connectivity index (χ3n) is 5.38. The van der Waals surface area contributed by atoms with Gasteiger partial charge in [0.25, 0.3) is 0 Å². The van der Waals surface area contributed by atoms with Crippen LogP contribution in [0.2, 0.25) is 0 Å². The van der Waals surface area contributed by atoms with Crippen LogP contribution in [-0.4, -0.2) is 83.3 Å². The Hall–Kier alpha value is -3.75. The Morgan fingerprint density at radius 1 is 0.853 bits per heavy atom. The lowest BCUT2D eigenvalue weighted by atomic mass is 9.99. The van der Waals surface area contributed by atoms with Crippen LogP contribution >= 0.6 is 0 Å². The van der Waals surface area contributed by atoms with Crippen molar-refractivity contribution in [2.45, 2.75) is 30.7 Å². The maximum absolute atomic E-state index is 12.8. The van der Waals surface area contributed by atoms with E-state index in [2.05, 4.69) is 0 Å². The number of aromatic hydroxyl groups is 5. The summed E-state index contributed by atoms with van der Waals surface area (Å²) in [7, 11) is 0. The Labute approximate surface area is 189 Å². The van der Waals surface area contributed by atoms with Gasteiger partial charge in [-0.25, -0.2) is 0 Å². The second-order valence-electron chi connectivity index (χ2n) is 7.58. The number of hydrogen-bond acceptors (Lipinski definition) is 13. The number of phenols is 4. The Morgan fingerprint density at radius 3 is 2.21 bits per heavy atom. The van der Waals surface area contributed by atoms with Crippen LogP contribution < -0.4 is 10.2 Å². The molecule has 1 fully saturated rings. The van der Waals surface area contributed by atoms with Crippen molar-refractivity contribution in [1.82, 2.24) is 0 Å². The van der Waals surface area contributed by atoms with Gasteiger partial charge in [0.1, 0.15) is 35.6 Å². The summed E-state index contributed by atoms with van der Waals surface area (Å²) in [5, 5.41) is 89.0. The normalized spacial score (nSPS) is 24.9. The minimum Gasteiger partial charge on any atom is -0.507 e. The van der Waals surface area contributed by atoms with Crippen LogP contribution in [0, 0.1) is 0 Å². The van der Waals surface area contributed by atoms with Gasteiger partial charge >= 0.3 is 0 Å². The van der Waals surface area contributed by atoms with Gasteiger partial charge in [0.2, 0.25) is 23.2 Å². The predicted molar refractivity (Wildman–Crippen MR) is 111 cm³/mol. The maximum atomic E-state index is 12.8. The van der Waals surface area contributed by atoms with Gasteiger partial charge in [0, 0.05) is 11.6 Å². The van der Waals surface area contributed by atoms with Gasteiger partial charge in [-0.05, 0) is 18.2 Å². The van der Waals surface area contributed by atoms with Crippen LogP contribution in [0.1, 0.15) is 0 Å². The van der Waals surface area contributed by atoms with Crippen molar-refractivity contribution in [2.24, 2.45) is 0 Å². The summed E-state index contributed by atoms with van der Waals surface area (Å²) in [5.41, 5.74) is -1.84. The van der Waals surface area contributed by atoms with Crippen molar-refractivity contribution in [1.29, 1.82) is 0 Å². The Kier molecular flexibility index (Phi) is 5.89. The lowest BCUT2D eigenvalue weighted by Gasteiger charge is -2.39. The Bertz CT molecular complexity index is 1300. The van der Waals surface area contributed by atoms with E-state index >= 15 is 0 Å². The molecule has 0 bridgehead atoms. The standard InChI is InChI=1S/C21H20O13/c22-5-11-13(27)15(29)17(31)21(32-11)34-19-10(26)4-9(25)12-14(28)16(30)18(33-20(12)19)6-1-2-7(23)8(24)3-6/h1-4,11,13,15,17,21-27,29-31H,5H2/t11-,13-,15+,17-,21?/m1/s1. The van der Waals surface area contributed by atoms with Crippen molar-refractivity contribution in [3.05, 3.63) is 34.5 Å². The van der Waals surface area contributed by atoms with Gasteiger partial charge in [0.15, 0.2) is 28.6 Å². The van der Waals surface area contributed by atoms with Crippen molar-refractivity contribution < 1.29 is 59.8 Å². The van der Waals surface area contributed by atoms with Gasteiger partial charge in [-0.1, -0.05) is 0 Å². The minimum absolute atomic E-state index is 0.0755. The van der Waals surface area contributed by atoms with Crippen LogP contribution in [0.3, 0.4) is 0 Å². The highest BCUT2D eigenvalue weighted by Gasteiger charge is 2.45. The van der Waals surface area contributed by atoms with E-state index in [1.165, 1.54) is 6.07 Å². The smallest absolute Gasteiger partial charge is 0.238 e. The number of benzene rings is 2. The van der Waals surface area contributed by atoms with E-state index in [1.807, 2.05) is 0 Å². The molecule has 1 saturated heterocycles. The first-order valence-electron chi connectivity index (χ1n) is 9.79. The average molecular weight is 480 g/mol. The molecule has 9 N–H and O–H groups in total. The molecule has 0 radical (unpaired) electrons. The third kappa shape index (κ3) is 3.70. The molecule has 0 amide bonds. The van der Waals surface area contributed by atoms with E-state index in [0.717, 1.165) is 12.1 Å². The summed E-state index contributed by atoms with van der Waals surface area (Å²) in [6, 6.07) is 3.92. The fraction of sp³-hybridized carbons (Fsp3) is 0.286. The first-order valence-corrected chi connectivity index (χ1v) is 9.79. The van der Waals surface area contributed by atoms with Gasteiger partial charge in [-0.3, -0.25) is 4.79 Å². The zero-order valence-corrected chi connectivity index (χ0v) is 17.1. The third-order valence-corrected chi connectivity index (χ3v) is 5.38. The van der Waals surface area contributed by atoms with E-state index < -0.39 is 94.0 Å². The summed E-state index contributed by atoms with van der Waals surface area (Å²) in [6.07, 6.45) is -8.50. The number of phenolic OH excluding ortho intramolecular Hbond substituents is 4. The van der Waals surface area contributed by atoms with Crippen molar-refractivity contribution in [3.8, 4) is 45.8 Å². The van der Waals surface area contributed by atoms with Gasteiger partial charge in [-0.15, -0.1) is 0 Å². The summed E-state index contributed by atoms with van der Waals surface area (Å²) < 4.78 is 16.2. The Balaban J connectivity index is 1.89. The van der Waals surface area contributed by atoms with Crippen LogP contribution in [0.25, 0.3) is 22.3 Å². The van der Waals surface area contributed by atoms with Crippen LogP contribution in [0.4, 0.5) is 0 Å². The zero-order valence-electron chi connectivity index (χ0n) is 17.1. The fourth-order valence-electron chi connectivity index (χ4n) is 3.56. The molecule has 1 aromatic heterocycles. The number of aliphatic hydroxyl groups is 4. The summed E-state index contributed by atoms with van der Waals surface area (Å²) in [5.74, 6) is -4.84. The first-order chi connectivity index (χ1) is 16.0. The fourth-order valence-corrected chi connectivity index (χ4v) is 3.56. The number of fused-ring (bicyclic) bond motifs is 1. The molecule has 1 aliphatic rings. The molecule has 182 valence electrons. The van der Waals surface area contributed by atoms with Crippen LogP contribution in [-0.2, 0) is 4.74 Å². The lowest BCUT2D eigenvalue weighted by Crippen LogP contribution is -2.60. The molecule has 0 aliphatic carbocycles. The summed E-state index contributed by atoms with van der Waals surface area (Å²) in [6.45, 7) is -0.759. The highest BCUT2D eigenvalue weighted by Crippen LogP contribution is 2.44. The quantitative estimate of drug-likeness (QED) is 0.208. The minimum atomic E-state index is -1.88. The number of aliphatic hydroxyl groups excluding tert-OH is 4. The van der Waals surface area contributed by atoms with Crippen LogP contribution in [0.15, 0.2) is 33.5 Å². The maximum Gasteiger partial charge on any atom is 0.238 e. The molecule has 5 atom stereocenters. The molecule has 0 saturated carbocycles. The molecule has 13 nitrogen and oxygen atoms in total. The Morgan fingerprint density at radius 2 is 1.56 bits per heavy atom. The van der Waals surface area contributed by atoms with E-state index in [-0.39, 0.29) is 5.56 Å². The van der Waals surface area contributed by atoms with E-state index in [9.17, 15) is 50.8 Å². The largest absolute Gasteiger partial charge is 0.507 e. The molecular formula is C21H20O13. The monoisotopic (exact) mass is 480 g/mol. The first kappa shape index (κ1) is 23.4. The second-order valence-corrected chi connectivity index (χ2v) is 7.58. The van der Waals surface area contributed by atoms with E-state index in [0.29, 0.717) is 6.07 Å². The van der Waals surface area contributed by atoms with E-state index in [4.69, 9.17) is 13.9 Å². The second kappa shape index (κ2) is 8.55. The molecule has 3 aromatic rings. The number of rotatable bonds is 4.